The number of hydrogen-bond acceptors (Lipinski definition) is 3. The molecule has 4 nitrogen and oxygen atoms in total. The number of sulfone groups is 1. The van der Waals surface area contributed by atoms with Crippen molar-refractivity contribution < 1.29 is 22.7 Å². The van der Waals surface area contributed by atoms with Gasteiger partial charge in [0, 0.05) is 5.02 Å². The molecule has 0 atom stereocenters. The fourth-order valence-electron chi connectivity index (χ4n) is 2.65. The third-order valence-corrected chi connectivity index (χ3v) is 6.42. The predicted octanol–water partition coefficient (Wildman–Crippen LogP) is 3.53. The van der Waals surface area contributed by atoms with Crippen LogP contribution in [0.5, 0.6) is 0 Å². The second kappa shape index (κ2) is 5.93. The minimum Gasteiger partial charge on any atom is -0.478 e. The molecule has 0 radical (unpaired) electrons. The monoisotopic (exact) mass is 334 g/mol. The van der Waals surface area contributed by atoms with E-state index in [1.165, 1.54) is 0 Å². The molecule has 0 aromatic heterocycles. The van der Waals surface area contributed by atoms with Crippen LogP contribution in [0.3, 0.4) is 0 Å². The van der Waals surface area contributed by atoms with E-state index in [1.54, 1.807) is 0 Å². The fraction of sp³-hybridized carbons (Fsp3) is 0.500. The summed E-state index contributed by atoms with van der Waals surface area (Å²) in [5.41, 5.74) is -0.717. The number of halogens is 2. The van der Waals surface area contributed by atoms with E-state index < -0.39 is 37.3 Å². The van der Waals surface area contributed by atoms with Crippen LogP contribution in [0.15, 0.2) is 17.0 Å². The van der Waals surface area contributed by atoms with Crippen LogP contribution in [0.25, 0.3) is 0 Å². The summed E-state index contributed by atoms with van der Waals surface area (Å²) in [6, 6.07) is 1.91. The molecule has 0 heterocycles. The van der Waals surface area contributed by atoms with Crippen molar-refractivity contribution in [1.82, 2.24) is 0 Å². The Hall–Kier alpha value is -1.14. The Kier molecular flexibility index (Phi) is 4.58. The largest absolute Gasteiger partial charge is 0.478 e. The average molecular weight is 335 g/mol. The minimum atomic E-state index is -3.92. The van der Waals surface area contributed by atoms with Gasteiger partial charge in [0.15, 0.2) is 15.7 Å². The lowest BCUT2D eigenvalue weighted by molar-refractivity contribution is 0.0691. The van der Waals surface area contributed by atoms with Crippen LogP contribution in [-0.2, 0) is 9.84 Å². The molecule has 0 aliphatic heterocycles. The van der Waals surface area contributed by atoms with Gasteiger partial charge in [-0.2, -0.15) is 0 Å². The van der Waals surface area contributed by atoms with Crippen molar-refractivity contribution in [3.8, 4) is 0 Å². The molecule has 1 aromatic rings. The zero-order valence-corrected chi connectivity index (χ0v) is 13.0. The summed E-state index contributed by atoms with van der Waals surface area (Å²) in [6.45, 7) is 2.05. The summed E-state index contributed by atoms with van der Waals surface area (Å²) in [7, 11) is -3.92. The Balaban J connectivity index is 2.47. The maximum atomic E-state index is 14.2. The lowest BCUT2D eigenvalue weighted by atomic mass is 9.91. The molecule has 1 aromatic carbocycles. The minimum absolute atomic E-state index is 0.100. The zero-order chi connectivity index (χ0) is 15.8. The Morgan fingerprint density at radius 1 is 1.29 bits per heavy atom. The maximum Gasteiger partial charge on any atom is 0.338 e. The van der Waals surface area contributed by atoms with Crippen molar-refractivity contribution in [2.45, 2.75) is 42.8 Å². The lowest BCUT2D eigenvalue weighted by Gasteiger charge is -2.26. The molecule has 7 heteroatoms. The molecule has 2 rings (SSSR count). The number of aromatic carboxylic acids is 1. The molecular formula is C14H16ClFO4S. The second-order valence-corrected chi connectivity index (χ2v) is 8.13. The van der Waals surface area contributed by atoms with E-state index in [2.05, 4.69) is 0 Å². The molecule has 1 fully saturated rings. The summed E-state index contributed by atoms with van der Waals surface area (Å²) in [6.07, 6.45) is 2.44. The van der Waals surface area contributed by atoms with Gasteiger partial charge in [-0.05, 0) is 43.7 Å². The maximum absolute atomic E-state index is 14.2. The number of benzene rings is 1. The molecule has 0 unspecified atom stereocenters. The Morgan fingerprint density at radius 2 is 1.86 bits per heavy atom. The number of carboxylic acid groups (broad SMARTS) is 1. The number of rotatable bonds is 3. The highest BCUT2D eigenvalue weighted by Gasteiger charge is 2.34. The highest BCUT2D eigenvalue weighted by molar-refractivity contribution is 7.92. The van der Waals surface area contributed by atoms with Crippen LogP contribution in [0.2, 0.25) is 5.02 Å². The van der Waals surface area contributed by atoms with Crippen molar-refractivity contribution in [3.05, 3.63) is 28.5 Å². The Morgan fingerprint density at radius 3 is 2.38 bits per heavy atom. The molecule has 0 spiro atoms. The smallest absolute Gasteiger partial charge is 0.338 e. The highest BCUT2D eigenvalue weighted by atomic mass is 35.5. The Labute approximate surface area is 127 Å². The summed E-state index contributed by atoms with van der Waals surface area (Å²) >= 11 is 5.74. The van der Waals surface area contributed by atoms with Gasteiger partial charge in [-0.25, -0.2) is 17.6 Å². The van der Waals surface area contributed by atoms with E-state index in [0.29, 0.717) is 18.8 Å². The third kappa shape index (κ3) is 3.21. The summed E-state index contributed by atoms with van der Waals surface area (Å²) in [5, 5.41) is 8.15. The third-order valence-electron chi connectivity index (χ3n) is 3.94. The first-order valence-corrected chi connectivity index (χ1v) is 8.62. The molecule has 0 amide bonds. The molecule has 1 saturated carbocycles. The lowest BCUT2D eigenvalue weighted by Crippen LogP contribution is -2.27. The van der Waals surface area contributed by atoms with Gasteiger partial charge >= 0.3 is 5.97 Å². The normalized spacial score (nSPS) is 23.0. The fourth-order valence-corrected chi connectivity index (χ4v) is 4.83. The topological polar surface area (TPSA) is 71.4 Å². The van der Waals surface area contributed by atoms with E-state index in [0.717, 1.165) is 25.0 Å². The van der Waals surface area contributed by atoms with Gasteiger partial charge in [-0.3, -0.25) is 0 Å². The van der Waals surface area contributed by atoms with Crippen molar-refractivity contribution in [2.24, 2.45) is 5.92 Å². The predicted molar refractivity (Wildman–Crippen MR) is 77.0 cm³/mol. The van der Waals surface area contributed by atoms with Crippen molar-refractivity contribution in [3.63, 3.8) is 0 Å². The van der Waals surface area contributed by atoms with E-state index in [4.69, 9.17) is 16.7 Å². The van der Waals surface area contributed by atoms with Gasteiger partial charge in [0.25, 0.3) is 0 Å². The molecule has 0 saturated heterocycles. The van der Waals surface area contributed by atoms with Crippen molar-refractivity contribution >= 4 is 27.4 Å². The van der Waals surface area contributed by atoms with Crippen LogP contribution in [0.4, 0.5) is 4.39 Å². The number of carboxylic acids is 1. The molecule has 116 valence electrons. The van der Waals surface area contributed by atoms with Crippen LogP contribution in [0.1, 0.15) is 43.0 Å². The molecule has 1 N–H and O–H groups in total. The van der Waals surface area contributed by atoms with Crippen LogP contribution in [-0.4, -0.2) is 24.7 Å². The van der Waals surface area contributed by atoms with Gasteiger partial charge in [0.05, 0.1) is 10.8 Å². The van der Waals surface area contributed by atoms with Gasteiger partial charge in [-0.1, -0.05) is 18.5 Å². The van der Waals surface area contributed by atoms with Crippen molar-refractivity contribution in [2.75, 3.05) is 0 Å². The zero-order valence-electron chi connectivity index (χ0n) is 11.5. The molecule has 21 heavy (non-hydrogen) atoms. The van der Waals surface area contributed by atoms with Gasteiger partial charge in [0.1, 0.15) is 4.90 Å². The van der Waals surface area contributed by atoms with Crippen LogP contribution < -0.4 is 0 Å². The first-order chi connectivity index (χ1) is 9.73. The van der Waals surface area contributed by atoms with E-state index in [1.807, 2.05) is 6.92 Å². The quantitative estimate of drug-likeness (QED) is 0.917. The number of hydrogen-bond donors (Lipinski definition) is 1. The van der Waals surface area contributed by atoms with Gasteiger partial charge in [-0.15, -0.1) is 0 Å². The molecular weight excluding hydrogens is 319 g/mol. The summed E-state index contributed by atoms with van der Waals surface area (Å²) < 4.78 is 39.3. The highest BCUT2D eigenvalue weighted by Crippen LogP contribution is 2.34. The summed E-state index contributed by atoms with van der Waals surface area (Å²) in [4.78, 5) is 10.4. The van der Waals surface area contributed by atoms with Crippen LogP contribution >= 0.6 is 11.6 Å². The van der Waals surface area contributed by atoms with E-state index in [-0.39, 0.29) is 5.02 Å². The second-order valence-electron chi connectivity index (χ2n) is 5.50. The van der Waals surface area contributed by atoms with Crippen molar-refractivity contribution in [1.29, 1.82) is 0 Å². The van der Waals surface area contributed by atoms with E-state index >= 15 is 0 Å². The SMILES string of the molecule is CC1CCC(S(=O)(=O)c2cc(Cl)cc(C(=O)O)c2F)CC1. The Bertz CT molecular complexity index is 664. The summed E-state index contributed by atoms with van der Waals surface area (Å²) in [5.74, 6) is -2.32. The first-order valence-electron chi connectivity index (χ1n) is 6.69. The first kappa shape index (κ1) is 16.2. The van der Waals surface area contributed by atoms with E-state index in [9.17, 15) is 17.6 Å². The number of carbonyl (C=O) groups is 1. The molecule has 1 aliphatic rings. The average Bonchev–Trinajstić information content (AvgIpc) is 2.41. The van der Waals surface area contributed by atoms with Gasteiger partial charge in [0.2, 0.25) is 0 Å². The molecule has 0 bridgehead atoms. The molecule has 1 aliphatic carbocycles. The standard InChI is InChI=1S/C14H16ClFO4S/c1-8-2-4-10(5-3-8)21(19,20)12-7-9(15)6-11(13(12)16)14(17)18/h6-8,10H,2-5H2,1H3,(H,17,18). The van der Waals surface area contributed by atoms with Gasteiger partial charge < -0.3 is 5.11 Å². The van der Waals surface area contributed by atoms with Crippen LogP contribution in [0, 0.1) is 11.7 Å².